The Balaban J connectivity index is 1.67. The summed E-state index contributed by atoms with van der Waals surface area (Å²) in [5.41, 5.74) is 2.39. The van der Waals surface area contributed by atoms with Gasteiger partial charge in [0.2, 0.25) is 0 Å². The van der Waals surface area contributed by atoms with E-state index in [1.807, 2.05) is 31.2 Å². The zero-order chi connectivity index (χ0) is 16.2. The second-order valence-corrected chi connectivity index (χ2v) is 5.10. The predicted octanol–water partition coefficient (Wildman–Crippen LogP) is 4.15. The van der Waals surface area contributed by atoms with Gasteiger partial charge in [0, 0.05) is 11.6 Å². The number of hydrogen-bond acceptors (Lipinski definition) is 4. The van der Waals surface area contributed by atoms with Crippen LogP contribution in [0.15, 0.2) is 59.1 Å². The Kier molecular flexibility index (Phi) is 4.19. The highest BCUT2D eigenvalue weighted by molar-refractivity contribution is 5.89. The maximum atomic E-state index is 13.5. The second kappa shape index (κ2) is 6.44. The third-order valence-corrected chi connectivity index (χ3v) is 3.34. The van der Waals surface area contributed by atoms with Crippen molar-refractivity contribution in [3.05, 3.63) is 77.2 Å². The highest BCUT2D eigenvalue weighted by atomic mass is 19.1. The molecule has 0 aliphatic rings. The van der Waals surface area contributed by atoms with Gasteiger partial charge in [0.1, 0.15) is 18.1 Å². The molecule has 0 N–H and O–H groups in total. The van der Waals surface area contributed by atoms with Crippen molar-refractivity contribution in [2.45, 2.75) is 13.5 Å². The van der Waals surface area contributed by atoms with E-state index in [2.05, 4.69) is 5.16 Å². The monoisotopic (exact) mass is 311 g/mol. The molecule has 3 rings (SSSR count). The third-order valence-electron chi connectivity index (χ3n) is 3.34. The number of nitrogens with zero attached hydrogens (tertiary/aromatic N) is 1. The normalized spacial score (nSPS) is 10.5. The van der Waals surface area contributed by atoms with Gasteiger partial charge in [-0.05, 0) is 19.1 Å². The molecule has 0 fully saturated rings. The number of ether oxygens (including phenoxy) is 1. The van der Waals surface area contributed by atoms with Crippen molar-refractivity contribution in [3.8, 4) is 11.3 Å². The van der Waals surface area contributed by atoms with Gasteiger partial charge in [-0.1, -0.05) is 47.1 Å². The summed E-state index contributed by atoms with van der Waals surface area (Å²) >= 11 is 0. The molecular formula is C18H14FNO3. The van der Waals surface area contributed by atoms with Gasteiger partial charge in [-0.3, -0.25) is 0 Å². The van der Waals surface area contributed by atoms with Gasteiger partial charge in [-0.2, -0.15) is 0 Å². The van der Waals surface area contributed by atoms with E-state index in [9.17, 15) is 9.18 Å². The van der Waals surface area contributed by atoms with Crippen molar-refractivity contribution in [1.29, 1.82) is 0 Å². The Morgan fingerprint density at radius 1 is 1.17 bits per heavy atom. The summed E-state index contributed by atoms with van der Waals surface area (Å²) in [6, 6.07) is 15.1. The van der Waals surface area contributed by atoms with Crippen LogP contribution in [-0.2, 0) is 11.3 Å². The van der Waals surface area contributed by atoms with Crippen LogP contribution in [-0.4, -0.2) is 11.1 Å². The highest BCUT2D eigenvalue weighted by Gasteiger charge is 2.14. The van der Waals surface area contributed by atoms with E-state index >= 15 is 0 Å². The number of halogens is 1. The van der Waals surface area contributed by atoms with Gasteiger partial charge < -0.3 is 9.26 Å². The van der Waals surface area contributed by atoms with Crippen LogP contribution in [0.25, 0.3) is 11.3 Å². The van der Waals surface area contributed by atoms with Gasteiger partial charge in [-0.15, -0.1) is 0 Å². The van der Waals surface area contributed by atoms with E-state index in [4.69, 9.17) is 9.26 Å². The molecule has 0 bridgehead atoms. The smallest absolute Gasteiger partial charge is 0.341 e. The molecular weight excluding hydrogens is 297 g/mol. The first kappa shape index (κ1) is 15.0. The third kappa shape index (κ3) is 3.45. The van der Waals surface area contributed by atoms with E-state index in [1.165, 1.54) is 18.2 Å². The number of hydrogen-bond donors (Lipinski definition) is 0. The lowest BCUT2D eigenvalue weighted by atomic mass is 10.1. The molecule has 116 valence electrons. The number of aromatic nitrogens is 1. The number of carbonyl (C=O) groups excluding carboxylic acids is 1. The fourth-order valence-electron chi connectivity index (χ4n) is 2.08. The largest absolute Gasteiger partial charge is 0.455 e. The van der Waals surface area contributed by atoms with Crippen LogP contribution < -0.4 is 0 Å². The SMILES string of the molecule is Cc1ccc(-c2cc(COC(=O)c3ccccc3F)no2)cc1. The van der Waals surface area contributed by atoms with Crippen LogP contribution in [0.4, 0.5) is 4.39 Å². The summed E-state index contributed by atoms with van der Waals surface area (Å²) in [7, 11) is 0. The molecule has 1 heterocycles. The molecule has 5 heteroatoms. The van der Waals surface area contributed by atoms with Crippen molar-refractivity contribution in [2.75, 3.05) is 0 Å². The van der Waals surface area contributed by atoms with Crippen molar-refractivity contribution < 1.29 is 18.4 Å². The standard InChI is InChI=1S/C18H14FNO3/c1-12-6-8-13(9-7-12)17-10-14(20-23-17)11-22-18(21)15-4-2-3-5-16(15)19/h2-10H,11H2,1H3. The Morgan fingerprint density at radius 2 is 1.91 bits per heavy atom. The van der Waals surface area contributed by atoms with E-state index in [1.54, 1.807) is 12.1 Å². The highest BCUT2D eigenvalue weighted by Crippen LogP contribution is 2.21. The molecule has 0 radical (unpaired) electrons. The fraction of sp³-hybridized carbons (Fsp3) is 0.111. The van der Waals surface area contributed by atoms with Gasteiger partial charge >= 0.3 is 5.97 Å². The molecule has 0 saturated heterocycles. The summed E-state index contributed by atoms with van der Waals surface area (Å²) in [6.45, 7) is 1.92. The van der Waals surface area contributed by atoms with Crippen molar-refractivity contribution >= 4 is 5.97 Å². The van der Waals surface area contributed by atoms with Crippen LogP contribution in [0.2, 0.25) is 0 Å². The number of esters is 1. The van der Waals surface area contributed by atoms with Crippen LogP contribution in [0.1, 0.15) is 21.6 Å². The van der Waals surface area contributed by atoms with Crippen molar-refractivity contribution in [1.82, 2.24) is 5.16 Å². The lowest BCUT2D eigenvalue weighted by Gasteiger charge is -2.02. The average molecular weight is 311 g/mol. The Labute approximate surface area is 132 Å². The summed E-state index contributed by atoms with van der Waals surface area (Å²) in [5, 5.41) is 3.86. The molecule has 3 aromatic rings. The molecule has 0 aliphatic heterocycles. The lowest BCUT2D eigenvalue weighted by molar-refractivity contribution is 0.0459. The summed E-state index contributed by atoms with van der Waals surface area (Å²) in [4.78, 5) is 11.8. The Hall–Kier alpha value is -2.95. The van der Waals surface area contributed by atoms with Gasteiger partial charge in [0.15, 0.2) is 5.76 Å². The maximum Gasteiger partial charge on any atom is 0.341 e. The predicted molar refractivity (Wildman–Crippen MR) is 82.2 cm³/mol. The summed E-state index contributed by atoms with van der Waals surface area (Å²) in [6.07, 6.45) is 0. The maximum absolute atomic E-state index is 13.5. The van der Waals surface area contributed by atoms with Gasteiger partial charge in [0.05, 0.1) is 5.56 Å². The molecule has 0 spiro atoms. The molecule has 2 aromatic carbocycles. The van der Waals surface area contributed by atoms with E-state index in [-0.39, 0.29) is 12.2 Å². The Bertz CT molecular complexity index is 824. The fourth-order valence-corrected chi connectivity index (χ4v) is 2.08. The number of carbonyl (C=O) groups is 1. The zero-order valence-corrected chi connectivity index (χ0v) is 12.5. The Morgan fingerprint density at radius 3 is 2.65 bits per heavy atom. The zero-order valence-electron chi connectivity index (χ0n) is 12.5. The van der Waals surface area contributed by atoms with Crippen LogP contribution >= 0.6 is 0 Å². The van der Waals surface area contributed by atoms with E-state index in [0.29, 0.717) is 11.5 Å². The number of benzene rings is 2. The minimum absolute atomic E-state index is 0.0808. The molecule has 0 saturated carbocycles. The number of rotatable bonds is 4. The summed E-state index contributed by atoms with van der Waals surface area (Å²) in [5.74, 6) is -0.761. The van der Waals surface area contributed by atoms with Crippen LogP contribution in [0.3, 0.4) is 0 Å². The molecule has 0 unspecified atom stereocenters. The first-order valence-electron chi connectivity index (χ1n) is 7.08. The van der Waals surface area contributed by atoms with E-state index in [0.717, 1.165) is 11.1 Å². The van der Waals surface area contributed by atoms with Crippen LogP contribution in [0, 0.1) is 12.7 Å². The van der Waals surface area contributed by atoms with Gasteiger partial charge in [0.25, 0.3) is 0 Å². The minimum Gasteiger partial charge on any atom is -0.455 e. The lowest BCUT2D eigenvalue weighted by Crippen LogP contribution is -2.07. The molecule has 0 atom stereocenters. The van der Waals surface area contributed by atoms with Crippen molar-refractivity contribution in [2.24, 2.45) is 0 Å². The second-order valence-electron chi connectivity index (χ2n) is 5.10. The van der Waals surface area contributed by atoms with Gasteiger partial charge in [-0.25, -0.2) is 9.18 Å². The summed E-state index contributed by atoms with van der Waals surface area (Å²) < 4.78 is 23.8. The molecule has 0 amide bonds. The van der Waals surface area contributed by atoms with E-state index < -0.39 is 11.8 Å². The molecule has 0 aliphatic carbocycles. The number of aryl methyl sites for hydroxylation is 1. The topological polar surface area (TPSA) is 52.3 Å². The quantitative estimate of drug-likeness (QED) is 0.679. The van der Waals surface area contributed by atoms with Crippen LogP contribution in [0.5, 0.6) is 0 Å². The molecule has 1 aromatic heterocycles. The minimum atomic E-state index is -0.733. The molecule has 23 heavy (non-hydrogen) atoms. The van der Waals surface area contributed by atoms with Crippen molar-refractivity contribution in [3.63, 3.8) is 0 Å². The first-order chi connectivity index (χ1) is 11.1. The first-order valence-corrected chi connectivity index (χ1v) is 7.08. The molecule has 4 nitrogen and oxygen atoms in total. The average Bonchev–Trinajstić information content (AvgIpc) is 3.03.